The summed E-state index contributed by atoms with van der Waals surface area (Å²) in [5.41, 5.74) is 2.56. The average Bonchev–Trinajstić information content (AvgIpc) is 2.82. The van der Waals surface area contributed by atoms with E-state index in [0.29, 0.717) is 17.9 Å². The lowest BCUT2D eigenvalue weighted by Gasteiger charge is -2.02. The second-order valence-electron chi connectivity index (χ2n) is 4.63. The van der Waals surface area contributed by atoms with E-state index in [9.17, 15) is 4.79 Å². The van der Waals surface area contributed by atoms with E-state index >= 15 is 0 Å². The molecule has 5 nitrogen and oxygen atoms in total. The van der Waals surface area contributed by atoms with Gasteiger partial charge in [0.2, 0.25) is 5.91 Å². The fraction of sp³-hybridized carbons (Fsp3) is 0.133. The molecule has 20 heavy (non-hydrogen) atoms. The molecular formula is C15H14N4O. The van der Waals surface area contributed by atoms with E-state index in [1.807, 2.05) is 49.4 Å². The maximum Gasteiger partial charge on any atom is 0.230 e. The van der Waals surface area contributed by atoms with Gasteiger partial charge in [-0.05, 0) is 24.6 Å². The summed E-state index contributed by atoms with van der Waals surface area (Å²) in [6, 6.07) is 13.4. The Balaban J connectivity index is 1.78. The molecule has 0 fully saturated rings. The lowest BCUT2D eigenvalue weighted by Crippen LogP contribution is -2.14. The van der Waals surface area contributed by atoms with Crippen LogP contribution in [0, 0.1) is 6.92 Å². The number of fused-ring (bicyclic) bond motifs is 1. The molecule has 1 aromatic carbocycles. The first-order valence-corrected chi connectivity index (χ1v) is 6.38. The number of hydrogen-bond acceptors (Lipinski definition) is 3. The normalized spacial score (nSPS) is 10.7. The Kier molecular flexibility index (Phi) is 3.16. The Morgan fingerprint density at radius 3 is 2.80 bits per heavy atom. The first kappa shape index (κ1) is 12.3. The van der Waals surface area contributed by atoms with Gasteiger partial charge in [0.15, 0.2) is 11.5 Å². The van der Waals surface area contributed by atoms with Crippen LogP contribution in [0.5, 0.6) is 0 Å². The number of anilines is 1. The largest absolute Gasteiger partial charge is 0.308 e. The number of pyridine rings is 1. The third kappa shape index (κ3) is 2.51. The Morgan fingerprint density at radius 1 is 1.20 bits per heavy atom. The van der Waals surface area contributed by atoms with Gasteiger partial charge in [0.05, 0.1) is 11.8 Å². The van der Waals surface area contributed by atoms with E-state index in [4.69, 9.17) is 0 Å². The van der Waals surface area contributed by atoms with Crippen LogP contribution in [0.1, 0.15) is 11.3 Å². The minimum absolute atomic E-state index is 0.0924. The van der Waals surface area contributed by atoms with E-state index in [1.54, 1.807) is 0 Å². The van der Waals surface area contributed by atoms with Gasteiger partial charge in [0.1, 0.15) is 0 Å². The molecule has 0 aliphatic carbocycles. The number of carbonyl (C=O) groups excluding carboxylic acids is 1. The molecule has 0 bridgehead atoms. The maximum atomic E-state index is 12.0. The number of amides is 1. The van der Waals surface area contributed by atoms with Crippen molar-refractivity contribution in [3.63, 3.8) is 0 Å². The van der Waals surface area contributed by atoms with Gasteiger partial charge in [-0.15, -0.1) is 0 Å². The molecule has 0 unspecified atom stereocenters. The molecule has 0 radical (unpaired) electrons. The second-order valence-corrected chi connectivity index (χ2v) is 4.63. The summed E-state index contributed by atoms with van der Waals surface area (Å²) in [5.74, 6) is 0.429. The molecule has 5 heteroatoms. The summed E-state index contributed by atoms with van der Waals surface area (Å²) in [6.07, 6.45) is 0.328. The minimum atomic E-state index is -0.0924. The highest BCUT2D eigenvalue weighted by Gasteiger charge is 2.10. The van der Waals surface area contributed by atoms with Crippen molar-refractivity contribution in [2.24, 2.45) is 0 Å². The lowest BCUT2D eigenvalue weighted by molar-refractivity contribution is -0.115. The van der Waals surface area contributed by atoms with Crippen molar-refractivity contribution in [2.45, 2.75) is 13.3 Å². The van der Waals surface area contributed by atoms with Gasteiger partial charge in [-0.1, -0.05) is 30.3 Å². The molecule has 0 atom stereocenters. The number of aromatic nitrogens is 3. The van der Waals surface area contributed by atoms with Crippen LogP contribution < -0.4 is 5.32 Å². The molecule has 0 saturated carbocycles. The van der Waals surface area contributed by atoms with Gasteiger partial charge in [0.25, 0.3) is 0 Å². The number of carbonyl (C=O) groups is 1. The molecule has 0 aliphatic rings. The Labute approximate surface area is 116 Å². The van der Waals surface area contributed by atoms with E-state index in [-0.39, 0.29) is 5.91 Å². The third-order valence-electron chi connectivity index (χ3n) is 3.03. The second kappa shape index (κ2) is 5.13. The summed E-state index contributed by atoms with van der Waals surface area (Å²) < 4.78 is 0. The molecule has 2 aromatic heterocycles. The van der Waals surface area contributed by atoms with Crippen LogP contribution in [0.15, 0.2) is 42.5 Å². The van der Waals surface area contributed by atoms with E-state index in [0.717, 1.165) is 16.6 Å². The Bertz CT molecular complexity index is 749. The lowest BCUT2D eigenvalue weighted by atomic mass is 10.1. The number of nitrogens with one attached hydrogen (secondary N) is 2. The summed E-state index contributed by atoms with van der Waals surface area (Å²) >= 11 is 0. The van der Waals surface area contributed by atoms with Gasteiger partial charge in [-0.2, -0.15) is 5.10 Å². The summed E-state index contributed by atoms with van der Waals surface area (Å²) in [6.45, 7) is 1.91. The van der Waals surface area contributed by atoms with Crippen LogP contribution >= 0.6 is 0 Å². The highest BCUT2D eigenvalue weighted by atomic mass is 16.1. The summed E-state index contributed by atoms with van der Waals surface area (Å²) in [7, 11) is 0. The van der Waals surface area contributed by atoms with E-state index in [2.05, 4.69) is 20.5 Å². The van der Waals surface area contributed by atoms with Crippen molar-refractivity contribution >= 4 is 22.8 Å². The van der Waals surface area contributed by atoms with Gasteiger partial charge in [0, 0.05) is 5.69 Å². The van der Waals surface area contributed by atoms with E-state index < -0.39 is 0 Å². The third-order valence-corrected chi connectivity index (χ3v) is 3.03. The number of rotatable bonds is 3. The highest BCUT2D eigenvalue weighted by molar-refractivity contribution is 5.99. The fourth-order valence-electron chi connectivity index (χ4n) is 2.05. The van der Waals surface area contributed by atoms with Gasteiger partial charge in [-0.3, -0.25) is 9.89 Å². The first-order valence-electron chi connectivity index (χ1n) is 6.38. The number of H-pyrrole nitrogens is 1. The summed E-state index contributed by atoms with van der Waals surface area (Å²) in [4.78, 5) is 16.3. The van der Waals surface area contributed by atoms with Crippen LogP contribution in [0.25, 0.3) is 11.0 Å². The van der Waals surface area contributed by atoms with Crippen molar-refractivity contribution in [1.82, 2.24) is 15.2 Å². The molecule has 0 aliphatic heterocycles. The van der Waals surface area contributed by atoms with Crippen molar-refractivity contribution in [1.29, 1.82) is 0 Å². The monoisotopic (exact) mass is 266 g/mol. The van der Waals surface area contributed by atoms with Gasteiger partial charge in [-0.25, -0.2) is 4.98 Å². The molecular weight excluding hydrogens is 252 g/mol. The van der Waals surface area contributed by atoms with Crippen LogP contribution in [0.4, 0.5) is 5.82 Å². The molecule has 3 rings (SSSR count). The van der Waals surface area contributed by atoms with Crippen LogP contribution in [-0.4, -0.2) is 21.1 Å². The van der Waals surface area contributed by atoms with Gasteiger partial charge >= 0.3 is 0 Å². The molecule has 100 valence electrons. The zero-order valence-corrected chi connectivity index (χ0v) is 11.1. The highest BCUT2D eigenvalue weighted by Crippen LogP contribution is 2.19. The van der Waals surface area contributed by atoms with Crippen LogP contribution in [-0.2, 0) is 11.2 Å². The molecule has 0 spiro atoms. The van der Waals surface area contributed by atoms with Crippen molar-refractivity contribution in [2.75, 3.05) is 5.32 Å². The SMILES string of the molecule is Cc1ccc2c(NC(=O)Cc3ccccc3)n[nH]c2n1. The number of aryl methyl sites for hydroxylation is 1. The average molecular weight is 266 g/mol. The van der Waals surface area contributed by atoms with Crippen molar-refractivity contribution in [3.8, 4) is 0 Å². The minimum Gasteiger partial charge on any atom is -0.308 e. The zero-order valence-electron chi connectivity index (χ0n) is 11.1. The van der Waals surface area contributed by atoms with Gasteiger partial charge < -0.3 is 5.32 Å². The van der Waals surface area contributed by atoms with Crippen LogP contribution in [0.2, 0.25) is 0 Å². The Morgan fingerprint density at radius 2 is 2.00 bits per heavy atom. The zero-order chi connectivity index (χ0) is 13.9. The molecule has 1 amide bonds. The quantitative estimate of drug-likeness (QED) is 0.765. The summed E-state index contributed by atoms with van der Waals surface area (Å²) in [5, 5.41) is 10.5. The number of nitrogens with zero attached hydrogens (tertiary/aromatic N) is 2. The van der Waals surface area contributed by atoms with E-state index in [1.165, 1.54) is 0 Å². The molecule has 2 N–H and O–H groups in total. The number of hydrogen-bond donors (Lipinski definition) is 2. The molecule has 3 aromatic rings. The predicted molar refractivity (Wildman–Crippen MR) is 77.4 cm³/mol. The topological polar surface area (TPSA) is 70.7 Å². The Hall–Kier alpha value is -2.69. The smallest absolute Gasteiger partial charge is 0.230 e. The number of aromatic amines is 1. The number of benzene rings is 1. The van der Waals surface area contributed by atoms with Crippen LogP contribution in [0.3, 0.4) is 0 Å². The predicted octanol–water partition coefficient (Wildman–Crippen LogP) is 2.45. The molecule has 2 heterocycles. The fourth-order valence-corrected chi connectivity index (χ4v) is 2.05. The maximum absolute atomic E-state index is 12.0. The first-order chi connectivity index (χ1) is 9.72. The standard InChI is InChI=1S/C15H14N4O/c1-10-7-8-12-14(16-10)18-19-15(12)17-13(20)9-11-5-3-2-4-6-11/h2-8H,9H2,1H3,(H2,16,17,18,19,20). The van der Waals surface area contributed by atoms with Crippen molar-refractivity contribution in [3.05, 3.63) is 53.7 Å². The molecule has 0 saturated heterocycles. The van der Waals surface area contributed by atoms with Crippen molar-refractivity contribution < 1.29 is 4.79 Å².